The van der Waals surface area contributed by atoms with Crippen LogP contribution in [0.4, 0.5) is 0 Å². The summed E-state index contributed by atoms with van der Waals surface area (Å²) in [5, 5.41) is 27.8. The van der Waals surface area contributed by atoms with Crippen LogP contribution in [0.1, 0.15) is 47.2 Å². The average molecular weight is 371 g/mol. The van der Waals surface area contributed by atoms with Crippen molar-refractivity contribution in [2.45, 2.75) is 50.4 Å². The standard InChI is InChI=1S/C22H29NO4/c23-22(16-24,21(26)27)15-14-18-10-12-19(13-11-18)20(25)9-5-4-8-17-6-2-1-3-7-17/h1-3,6-7,10-13,21,24,26-27H,4-5,8-9,14-16,23H2. The summed E-state index contributed by atoms with van der Waals surface area (Å²) in [5.41, 5.74) is 7.24. The van der Waals surface area contributed by atoms with Crippen LogP contribution in [0.25, 0.3) is 0 Å². The van der Waals surface area contributed by atoms with Crippen molar-refractivity contribution < 1.29 is 20.1 Å². The molecule has 0 saturated heterocycles. The van der Waals surface area contributed by atoms with E-state index in [2.05, 4.69) is 12.1 Å². The fraction of sp³-hybridized carbons (Fsp3) is 0.409. The topological polar surface area (TPSA) is 104 Å². The molecule has 0 bridgehead atoms. The lowest BCUT2D eigenvalue weighted by atomic mass is 9.92. The maximum absolute atomic E-state index is 12.3. The lowest BCUT2D eigenvalue weighted by molar-refractivity contribution is -0.112. The molecule has 0 aliphatic rings. The number of nitrogens with two attached hydrogens (primary N) is 1. The second kappa shape index (κ2) is 10.3. The van der Waals surface area contributed by atoms with E-state index in [1.54, 1.807) is 12.1 Å². The van der Waals surface area contributed by atoms with Gasteiger partial charge in [0, 0.05) is 12.0 Å². The normalized spacial score (nSPS) is 13.5. The van der Waals surface area contributed by atoms with Gasteiger partial charge in [-0.2, -0.15) is 0 Å². The molecule has 146 valence electrons. The van der Waals surface area contributed by atoms with Crippen LogP contribution < -0.4 is 5.73 Å². The summed E-state index contributed by atoms with van der Waals surface area (Å²) in [4.78, 5) is 12.3. The van der Waals surface area contributed by atoms with Gasteiger partial charge in [0.1, 0.15) is 0 Å². The average Bonchev–Trinajstić information content (AvgIpc) is 2.70. The van der Waals surface area contributed by atoms with Crippen molar-refractivity contribution in [1.29, 1.82) is 0 Å². The van der Waals surface area contributed by atoms with Crippen molar-refractivity contribution in [2.75, 3.05) is 6.61 Å². The van der Waals surface area contributed by atoms with Gasteiger partial charge in [0.25, 0.3) is 0 Å². The number of aliphatic hydroxyl groups is 3. The van der Waals surface area contributed by atoms with E-state index in [0.29, 0.717) is 18.4 Å². The second-order valence-electron chi connectivity index (χ2n) is 7.08. The quantitative estimate of drug-likeness (QED) is 0.275. The molecule has 0 aliphatic carbocycles. The summed E-state index contributed by atoms with van der Waals surface area (Å²) >= 11 is 0. The number of carbonyl (C=O) groups is 1. The number of ketones is 1. The molecule has 27 heavy (non-hydrogen) atoms. The minimum absolute atomic E-state index is 0.129. The minimum atomic E-state index is -1.78. The van der Waals surface area contributed by atoms with Crippen molar-refractivity contribution >= 4 is 5.78 Å². The van der Waals surface area contributed by atoms with Crippen molar-refractivity contribution in [3.63, 3.8) is 0 Å². The van der Waals surface area contributed by atoms with Gasteiger partial charge in [-0.15, -0.1) is 0 Å². The largest absolute Gasteiger partial charge is 0.394 e. The first-order valence-corrected chi connectivity index (χ1v) is 9.36. The molecule has 0 saturated carbocycles. The van der Waals surface area contributed by atoms with E-state index in [9.17, 15) is 20.1 Å². The molecule has 0 radical (unpaired) electrons. The summed E-state index contributed by atoms with van der Waals surface area (Å²) in [6.45, 7) is -0.510. The molecule has 0 aromatic heterocycles. The van der Waals surface area contributed by atoms with Crippen molar-refractivity contribution in [1.82, 2.24) is 0 Å². The lowest BCUT2D eigenvalue weighted by Gasteiger charge is -2.28. The van der Waals surface area contributed by atoms with Gasteiger partial charge in [-0.25, -0.2) is 0 Å². The molecule has 1 unspecified atom stereocenters. The Morgan fingerprint density at radius 3 is 2.15 bits per heavy atom. The molecule has 5 heteroatoms. The van der Waals surface area contributed by atoms with Crippen LogP contribution in [0.3, 0.4) is 0 Å². The number of Topliss-reactive ketones (excluding diaryl/α,β-unsaturated/α-hetero) is 1. The highest BCUT2D eigenvalue weighted by atomic mass is 16.5. The summed E-state index contributed by atoms with van der Waals surface area (Å²) in [6, 6.07) is 17.5. The van der Waals surface area contributed by atoms with Crippen LogP contribution in [0.2, 0.25) is 0 Å². The van der Waals surface area contributed by atoms with Gasteiger partial charge in [-0.3, -0.25) is 4.79 Å². The molecule has 0 heterocycles. The van der Waals surface area contributed by atoms with E-state index in [1.165, 1.54) is 5.56 Å². The first-order valence-electron chi connectivity index (χ1n) is 9.36. The molecular weight excluding hydrogens is 342 g/mol. The molecule has 1 atom stereocenters. The van der Waals surface area contributed by atoms with Crippen LogP contribution >= 0.6 is 0 Å². The predicted molar refractivity (Wildman–Crippen MR) is 105 cm³/mol. The smallest absolute Gasteiger partial charge is 0.172 e. The van der Waals surface area contributed by atoms with E-state index < -0.39 is 18.4 Å². The SMILES string of the molecule is NC(CO)(CCc1ccc(C(=O)CCCCc2ccccc2)cc1)C(O)O. The van der Waals surface area contributed by atoms with E-state index >= 15 is 0 Å². The Hall–Kier alpha value is -2.05. The number of benzene rings is 2. The molecule has 0 amide bonds. The highest BCUT2D eigenvalue weighted by molar-refractivity contribution is 5.96. The van der Waals surface area contributed by atoms with E-state index in [4.69, 9.17) is 5.73 Å². The van der Waals surface area contributed by atoms with Crippen molar-refractivity contribution in [2.24, 2.45) is 5.73 Å². The van der Waals surface area contributed by atoms with Crippen LogP contribution in [0.15, 0.2) is 54.6 Å². The highest BCUT2D eigenvalue weighted by Gasteiger charge is 2.31. The zero-order valence-electron chi connectivity index (χ0n) is 15.6. The van der Waals surface area contributed by atoms with Crippen LogP contribution in [-0.4, -0.2) is 39.5 Å². The van der Waals surface area contributed by atoms with Crippen LogP contribution in [0, 0.1) is 0 Å². The summed E-state index contributed by atoms with van der Waals surface area (Å²) in [5.74, 6) is 0.129. The maximum atomic E-state index is 12.3. The minimum Gasteiger partial charge on any atom is -0.394 e. The molecule has 2 rings (SSSR count). The fourth-order valence-electron chi connectivity index (χ4n) is 2.93. The third-order valence-electron chi connectivity index (χ3n) is 4.93. The lowest BCUT2D eigenvalue weighted by Crippen LogP contribution is -2.54. The van der Waals surface area contributed by atoms with E-state index in [1.807, 2.05) is 30.3 Å². The summed E-state index contributed by atoms with van der Waals surface area (Å²) < 4.78 is 0. The zero-order valence-corrected chi connectivity index (χ0v) is 15.6. The zero-order chi connectivity index (χ0) is 19.7. The number of aliphatic hydroxyl groups excluding tert-OH is 2. The Morgan fingerprint density at radius 2 is 1.56 bits per heavy atom. The van der Waals surface area contributed by atoms with Gasteiger partial charge >= 0.3 is 0 Å². The Labute approximate surface area is 160 Å². The third kappa shape index (κ3) is 6.56. The Morgan fingerprint density at radius 1 is 0.926 bits per heavy atom. The van der Waals surface area contributed by atoms with E-state index in [0.717, 1.165) is 24.8 Å². The first-order chi connectivity index (χ1) is 12.9. The molecule has 0 spiro atoms. The molecule has 2 aromatic carbocycles. The Balaban J connectivity index is 1.77. The second-order valence-corrected chi connectivity index (χ2v) is 7.08. The van der Waals surface area contributed by atoms with Gasteiger partial charge in [-0.1, -0.05) is 54.6 Å². The summed E-state index contributed by atoms with van der Waals surface area (Å²) in [6.07, 6.45) is 2.29. The molecule has 0 fully saturated rings. The van der Waals surface area contributed by atoms with Crippen LogP contribution in [-0.2, 0) is 12.8 Å². The van der Waals surface area contributed by atoms with Crippen molar-refractivity contribution in [3.05, 3.63) is 71.3 Å². The first kappa shape index (κ1) is 21.3. The molecule has 5 nitrogen and oxygen atoms in total. The number of carbonyl (C=O) groups excluding carboxylic acids is 1. The van der Waals surface area contributed by atoms with Crippen molar-refractivity contribution in [3.8, 4) is 0 Å². The highest BCUT2D eigenvalue weighted by Crippen LogP contribution is 2.16. The third-order valence-corrected chi connectivity index (χ3v) is 4.93. The number of aryl methyl sites for hydroxylation is 2. The molecule has 0 aliphatic heterocycles. The molecule has 2 aromatic rings. The Kier molecular flexibility index (Phi) is 8.13. The fourth-order valence-corrected chi connectivity index (χ4v) is 2.93. The number of hydrogen-bond donors (Lipinski definition) is 4. The number of hydrogen-bond acceptors (Lipinski definition) is 5. The maximum Gasteiger partial charge on any atom is 0.172 e. The molecule has 5 N–H and O–H groups in total. The molecular formula is C22H29NO4. The van der Waals surface area contributed by atoms with E-state index in [-0.39, 0.29) is 12.2 Å². The number of rotatable bonds is 11. The van der Waals surface area contributed by atoms with Gasteiger partial charge in [0.15, 0.2) is 12.1 Å². The monoisotopic (exact) mass is 371 g/mol. The van der Waals surface area contributed by atoms with Crippen LogP contribution in [0.5, 0.6) is 0 Å². The van der Waals surface area contributed by atoms with Gasteiger partial charge in [0.2, 0.25) is 0 Å². The Bertz CT molecular complexity index is 700. The number of unbranched alkanes of at least 4 members (excludes halogenated alkanes) is 1. The predicted octanol–water partition coefficient (Wildman–Crippen LogP) is 2.22. The summed E-state index contributed by atoms with van der Waals surface area (Å²) in [7, 11) is 0. The van der Waals surface area contributed by atoms with Gasteiger partial charge in [-0.05, 0) is 43.2 Å². The van der Waals surface area contributed by atoms with Gasteiger partial charge in [0.05, 0.1) is 12.1 Å². The van der Waals surface area contributed by atoms with Gasteiger partial charge < -0.3 is 21.1 Å².